The average Bonchev–Trinajstić information content (AvgIpc) is 3.74. The second kappa shape index (κ2) is 12.6. The molecule has 1 saturated heterocycles. The molecule has 1 aliphatic heterocycles. The molecule has 10 nitrogen and oxygen atoms in total. The molecule has 46 heavy (non-hydrogen) atoms. The van der Waals surface area contributed by atoms with Crippen molar-refractivity contribution in [2.45, 2.75) is 78.4 Å². The third-order valence-electron chi connectivity index (χ3n) is 8.48. The number of pyridine rings is 1. The van der Waals surface area contributed by atoms with Gasteiger partial charge < -0.3 is 25.0 Å². The van der Waals surface area contributed by atoms with Crippen molar-refractivity contribution in [2.75, 3.05) is 23.7 Å². The molecule has 1 unspecified atom stereocenters. The quantitative estimate of drug-likeness (QED) is 0.205. The van der Waals surface area contributed by atoms with Gasteiger partial charge in [-0.2, -0.15) is 0 Å². The van der Waals surface area contributed by atoms with Crippen LogP contribution in [0.2, 0.25) is 0 Å². The van der Waals surface area contributed by atoms with Crippen molar-refractivity contribution in [1.82, 2.24) is 19.9 Å². The summed E-state index contributed by atoms with van der Waals surface area (Å²) in [4.78, 5) is 41.1. The molecule has 2 aliphatic rings. The Morgan fingerprint density at radius 3 is 2.63 bits per heavy atom. The van der Waals surface area contributed by atoms with Crippen LogP contribution >= 0.6 is 0 Å². The van der Waals surface area contributed by atoms with Gasteiger partial charge in [0.15, 0.2) is 0 Å². The van der Waals surface area contributed by atoms with Crippen LogP contribution in [-0.2, 0) is 9.53 Å². The molecule has 2 aromatic carbocycles. The van der Waals surface area contributed by atoms with E-state index >= 15 is 0 Å². The van der Waals surface area contributed by atoms with Gasteiger partial charge >= 0.3 is 6.09 Å². The van der Waals surface area contributed by atoms with Crippen molar-refractivity contribution in [3.05, 3.63) is 66.5 Å². The summed E-state index contributed by atoms with van der Waals surface area (Å²) in [6, 6.07) is 15.4. The predicted molar refractivity (Wildman–Crippen MR) is 179 cm³/mol. The second-order valence-corrected chi connectivity index (χ2v) is 13.8. The first-order chi connectivity index (χ1) is 22.0. The van der Waals surface area contributed by atoms with E-state index in [1.807, 2.05) is 76.2 Å². The van der Waals surface area contributed by atoms with Gasteiger partial charge in [-0.3, -0.25) is 4.79 Å². The summed E-state index contributed by atoms with van der Waals surface area (Å²) in [5.41, 5.74) is 2.65. The molecule has 1 saturated carbocycles. The number of ether oxygens (including phenoxy) is 2. The summed E-state index contributed by atoms with van der Waals surface area (Å²) in [5, 5.41) is 8.32. The number of carbonyl (C=O) groups is 2. The molecule has 1 atom stereocenters. The third-order valence-corrected chi connectivity index (χ3v) is 8.48. The second-order valence-electron chi connectivity index (χ2n) is 13.8. The van der Waals surface area contributed by atoms with Crippen molar-refractivity contribution >= 4 is 34.4 Å². The Kier molecular flexibility index (Phi) is 8.55. The largest absolute Gasteiger partial charge is 0.444 e. The molecule has 2 amide bonds. The molecule has 0 bridgehead atoms. The Bertz CT molecular complexity index is 1760. The predicted octanol–water partition coefficient (Wildman–Crippen LogP) is 7.73. The number of rotatable bonds is 8. The van der Waals surface area contributed by atoms with E-state index in [1.165, 1.54) is 0 Å². The van der Waals surface area contributed by atoms with Crippen LogP contribution in [0.5, 0.6) is 11.6 Å². The first kappa shape index (κ1) is 31.3. The minimum absolute atomic E-state index is 0.0127. The van der Waals surface area contributed by atoms with Crippen molar-refractivity contribution in [1.29, 1.82) is 0 Å². The zero-order valence-electron chi connectivity index (χ0n) is 27.2. The van der Waals surface area contributed by atoms with Crippen LogP contribution in [0.15, 0.2) is 60.9 Å². The number of benzene rings is 2. The number of aryl methyl sites for hydroxylation is 1. The molecule has 3 heterocycles. The highest BCUT2D eigenvalue weighted by atomic mass is 16.6. The fraction of sp³-hybridized carbons (Fsp3) is 0.417. The maximum absolute atomic E-state index is 12.8. The standard InChI is InChI=1S/C36H42N6O4/c1-23-13-14-25-26(10-6-12-28(25)40-30(43)21-36(5)16-17-36)31(23)45-32-27(11-7-18-37-32)29-15-19-38-33(41-29)39-24-9-8-20-42(22-24)34(44)46-35(2,3)4/h6-7,10-15,18-19,24H,8-9,16-17,20-22H2,1-5H3,(H,40,43)(H,38,39,41). The number of aromatic nitrogens is 3. The Labute approximate surface area is 269 Å². The Morgan fingerprint density at radius 1 is 1.02 bits per heavy atom. The molecule has 0 spiro atoms. The summed E-state index contributed by atoms with van der Waals surface area (Å²) < 4.78 is 12.1. The summed E-state index contributed by atoms with van der Waals surface area (Å²) in [5.74, 6) is 1.57. The Morgan fingerprint density at radius 2 is 1.85 bits per heavy atom. The van der Waals surface area contributed by atoms with Crippen LogP contribution in [0.25, 0.3) is 22.0 Å². The SMILES string of the molecule is Cc1ccc2c(NC(=O)CC3(C)CC3)cccc2c1Oc1ncccc1-c1ccnc(NC2CCCN(C(=O)OC(C)(C)C)C2)n1. The van der Waals surface area contributed by atoms with Crippen LogP contribution in [0.3, 0.4) is 0 Å². The molecular weight excluding hydrogens is 580 g/mol. The zero-order chi connectivity index (χ0) is 32.5. The number of anilines is 2. The fourth-order valence-electron chi connectivity index (χ4n) is 5.77. The number of carbonyl (C=O) groups excluding carboxylic acids is 2. The van der Waals surface area contributed by atoms with Crippen molar-refractivity contribution < 1.29 is 19.1 Å². The van der Waals surface area contributed by atoms with Gasteiger partial charge in [0.25, 0.3) is 0 Å². The van der Waals surface area contributed by atoms with Crippen LogP contribution in [0, 0.1) is 12.3 Å². The topological polar surface area (TPSA) is 119 Å². The van der Waals surface area contributed by atoms with E-state index in [2.05, 4.69) is 27.5 Å². The lowest BCUT2D eigenvalue weighted by atomic mass is 10.0. The fourth-order valence-corrected chi connectivity index (χ4v) is 5.77. The number of fused-ring (bicyclic) bond motifs is 1. The number of amides is 2. The maximum Gasteiger partial charge on any atom is 0.410 e. The van der Waals surface area contributed by atoms with E-state index in [-0.39, 0.29) is 23.5 Å². The number of hydrogen-bond donors (Lipinski definition) is 2. The van der Waals surface area contributed by atoms with Crippen molar-refractivity contribution in [3.8, 4) is 22.9 Å². The smallest absolute Gasteiger partial charge is 0.410 e. The molecule has 6 rings (SSSR count). The molecule has 1 aliphatic carbocycles. The summed E-state index contributed by atoms with van der Waals surface area (Å²) >= 11 is 0. The highest BCUT2D eigenvalue weighted by Crippen LogP contribution is 2.48. The van der Waals surface area contributed by atoms with Gasteiger partial charge in [0, 0.05) is 54.4 Å². The lowest BCUT2D eigenvalue weighted by Crippen LogP contribution is -2.47. The molecular formula is C36H42N6O4. The van der Waals surface area contributed by atoms with E-state index in [9.17, 15) is 9.59 Å². The van der Waals surface area contributed by atoms with Crippen LogP contribution in [0.4, 0.5) is 16.4 Å². The van der Waals surface area contributed by atoms with E-state index in [0.717, 1.165) is 47.7 Å². The summed E-state index contributed by atoms with van der Waals surface area (Å²) in [7, 11) is 0. The normalized spacial score (nSPS) is 17.3. The Balaban J connectivity index is 1.22. The van der Waals surface area contributed by atoms with Gasteiger partial charge in [0.1, 0.15) is 11.4 Å². The molecule has 0 radical (unpaired) electrons. The summed E-state index contributed by atoms with van der Waals surface area (Å²) in [6.45, 7) is 10.9. The van der Waals surface area contributed by atoms with Gasteiger partial charge in [-0.05, 0) is 88.6 Å². The number of nitrogens with one attached hydrogen (secondary N) is 2. The van der Waals surface area contributed by atoms with Crippen molar-refractivity contribution in [3.63, 3.8) is 0 Å². The first-order valence-corrected chi connectivity index (χ1v) is 16.0. The van der Waals surface area contributed by atoms with Crippen LogP contribution in [-0.4, -0.2) is 56.6 Å². The van der Waals surface area contributed by atoms with Gasteiger partial charge in [-0.1, -0.05) is 31.2 Å². The van der Waals surface area contributed by atoms with Crippen molar-refractivity contribution in [2.24, 2.45) is 5.41 Å². The molecule has 4 aromatic rings. The molecule has 2 fully saturated rings. The van der Waals surface area contributed by atoms with Crippen LogP contribution in [0.1, 0.15) is 65.4 Å². The third kappa shape index (κ3) is 7.38. The molecule has 2 N–H and O–H groups in total. The maximum atomic E-state index is 12.8. The van der Waals surface area contributed by atoms with Gasteiger partial charge in [-0.15, -0.1) is 0 Å². The van der Waals surface area contributed by atoms with Crippen LogP contribution < -0.4 is 15.4 Å². The minimum Gasteiger partial charge on any atom is -0.444 e. The molecule has 10 heteroatoms. The van der Waals surface area contributed by atoms with E-state index in [4.69, 9.17) is 14.5 Å². The monoisotopic (exact) mass is 622 g/mol. The number of nitrogens with zero attached hydrogens (tertiary/aromatic N) is 4. The highest BCUT2D eigenvalue weighted by molar-refractivity contribution is 6.04. The number of piperidine rings is 1. The minimum atomic E-state index is -0.546. The average molecular weight is 623 g/mol. The van der Waals surface area contributed by atoms with Gasteiger partial charge in [0.05, 0.1) is 11.3 Å². The van der Waals surface area contributed by atoms with E-state index in [1.54, 1.807) is 17.3 Å². The lowest BCUT2D eigenvalue weighted by molar-refractivity contribution is -0.117. The molecule has 240 valence electrons. The summed E-state index contributed by atoms with van der Waals surface area (Å²) in [6.07, 6.45) is 7.54. The molecule has 2 aromatic heterocycles. The van der Waals surface area contributed by atoms with E-state index in [0.29, 0.717) is 48.3 Å². The van der Waals surface area contributed by atoms with E-state index < -0.39 is 5.60 Å². The lowest BCUT2D eigenvalue weighted by Gasteiger charge is -2.34. The number of likely N-dealkylation sites (tertiary alicyclic amines) is 1. The van der Waals surface area contributed by atoms with Gasteiger partial charge in [-0.25, -0.2) is 19.7 Å². The highest BCUT2D eigenvalue weighted by Gasteiger charge is 2.39. The Hall–Kier alpha value is -4.73. The number of hydrogen-bond acceptors (Lipinski definition) is 8. The first-order valence-electron chi connectivity index (χ1n) is 16.0. The van der Waals surface area contributed by atoms with Gasteiger partial charge in [0.2, 0.25) is 17.7 Å². The zero-order valence-corrected chi connectivity index (χ0v) is 27.2.